The molecule has 1 fully saturated rings. The van der Waals surface area contributed by atoms with Crippen molar-refractivity contribution >= 4 is 29.0 Å². The number of morpholine rings is 1. The van der Waals surface area contributed by atoms with E-state index in [9.17, 15) is 14.0 Å². The van der Waals surface area contributed by atoms with E-state index in [1.165, 1.54) is 12.1 Å². The summed E-state index contributed by atoms with van der Waals surface area (Å²) in [5.41, 5.74) is 3.78. The van der Waals surface area contributed by atoms with Crippen LogP contribution in [0.25, 0.3) is 0 Å². The number of benzene rings is 2. The zero-order valence-corrected chi connectivity index (χ0v) is 19.9. The van der Waals surface area contributed by atoms with Gasteiger partial charge in [-0.25, -0.2) is 4.39 Å². The Morgan fingerprint density at radius 2 is 2.03 bits per heavy atom. The molecule has 6 nitrogen and oxygen atoms in total. The fourth-order valence-electron chi connectivity index (χ4n) is 4.86. The van der Waals surface area contributed by atoms with E-state index in [1.54, 1.807) is 31.2 Å². The van der Waals surface area contributed by atoms with Gasteiger partial charge in [-0.3, -0.25) is 9.59 Å². The number of rotatable bonds is 4. The van der Waals surface area contributed by atoms with E-state index in [2.05, 4.69) is 21.6 Å². The van der Waals surface area contributed by atoms with Crippen molar-refractivity contribution in [3.63, 3.8) is 0 Å². The molecular formula is C27H25ClFN3O3. The lowest BCUT2D eigenvalue weighted by Gasteiger charge is -2.42. The number of ketones is 1. The van der Waals surface area contributed by atoms with Gasteiger partial charge in [0.15, 0.2) is 5.78 Å². The maximum Gasteiger partial charge on any atom is 0.256 e. The van der Waals surface area contributed by atoms with Crippen LogP contribution in [0, 0.1) is 18.7 Å². The molecule has 8 heteroatoms. The SMILES string of the molecule is Cc1ccc(F)cc1C(=O)Nc1ccc(C(=O)C2CC=CC3=CNC=C4COCCN4C32)c(Cl)c1. The molecule has 180 valence electrons. The summed E-state index contributed by atoms with van der Waals surface area (Å²) in [4.78, 5) is 28.6. The Balaban J connectivity index is 1.39. The van der Waals surface area contributed by atoms with Gasteiger partial charge in [-0.05, 0) is 54.8 Å². The van der Waals surface area contributed by atoms with Gasteiger partial charge in [0.2, 0.25) is 0 Å². The second-order valence-corrected chi connectivity index (χ2v) is 9.26. The first-order chi connectivity index (χ1) is 16.9. The minimum Gasteiger partial charge on any atom is -0.373 e. The van der Waals surface area contributed by atoms with E-state index in [-0.39, 0.29) is 28.3 Å². The van der Waals surface area contributed by atoms with E-state index >= 15 is 0 Å². The van der Waals surface area contributed by atoms with E-state index < -0.39 is 11.7 Å². The second kappa shape index (κ2) is 9.68. The molecule has 2 aromatic carbocycles. The lowest BCUT2D eigenvalue weighted by Crippen LogP contribution is -2.48. The number of fused-ring (bicyclic) bond motifs is 3. The van der Waals surface area contributed by atoms with Crippen LogP contribution in [0.3, 0.4) is 0 Å². The van der Waals surface area contributed by atoms with E-state index in [0.717, 1.165) is 11.3 Å². The van der Waals surface area contributed by atoms with E-state index in [4.69, 9.17) is 16.3 Å². The number of hydrogen-bond acceptors (Lipinski definition) is 5. The average Bonchev–Trinajstić information content (AvgIpc) is 3.04. The summed E-state index contributed by atoms with van der Waals surface area (Å²) in [6.45, 7) is 3.54. The van der Waals surface area contributed by atoms with Crippen LogP contribution in [0.2, 0.25) is 5.02 Å². The highest BCUT2D eigenvalue weighted by atomic mass is 35.5. The summed E-state index contributed by atoms with van der Waals surface area (Å²) in [6, 6.07) is 8.79. The molecule has 1 aliphatic carbocycles. The third-order valence-electron chi connectivity index (χ3n) is 6.63. The standard InChI is InChI=1S/C27H25ClFN3O3/c1-16-5-6-18(29)11-23(16)27(34)31-19-7-8-21(24(28)12-19)26(33)22-4-2-3-17-13-30-14-20-15-35-10-9-32(20)25(17)22/h2-3,5-8,11-14,22,25,30H,4,9-10,15H2,1H3,(H,31,34). The van der Waals surface area contributed by atoms with Crippen LogP contribution in [0.5, 0.6) is 0 Å². The number of anilines is 1. The third kappa shape index (κ3) is 4.61. The molecule has 35 heavy (non-hydrogen) atoms. The molecule has 2 aliphatic heterocycles. The number of carbonyl (C=O) groups excluding carboxylic acids is 2. The number of nitrogens with one attached hydrogen (secondary N) is 2. The van der Waals surface area contributed by atoms with Crippen molar-refractivity contribution in [1.29, 1.82) is 0 Å². The molecule has 0 radical (unpaired) electrons. The van der Waals surface area contributed by atoms with Crippen LogP contribution in [0.15, 0.2) is 72.2 Å². The first-order valence-corrected chi connectivity index (χ1v) is 11.9. The molecule has 0 saturated carbocycles. The zero-order valence-electron chi connectivity index (χ0n) is 19.2. The van der Waals surface area contributed by atoms with Crippen LogP contribution in [-0.2, 0) is 4.74 Å². The smallest absolute Gasteiger partial charge is 0.256 e. The highest BCUT2D eigenvalue weighted by Gasteiger charge is 2.39. The van der Waals surface area contributed by atoms with Gasteiger partial charge in [-0.15, -0.1) is 0 Å². The van der Waals surface area contributed by atoms with Crippen LogP contribution in [-0.4, -0.2) is 42.4 Å². The molecular weight excluding hydrogens is 469 g/mol. The first kappa shape index (κ1) is 23.3. The molecule has 1 amide bonds. The second-order valence-electron chi connectivity index (χ2n) is 8.85. The predicted molar refractivity (Wildman–Crippen MR) is 133 cm³/mol. The molecule has 2 heterocycles. The van der Waals surface area contributed by atoms with Gasteiger partial charge in [-0.2, -0.15) is 0 Å². The molecule has 0 bridgehead atoms. The van der Waals surface area contributed by atoms with Crippen LogP contribution < -0.4 is 10.6 Å². The maximum absolute atomic E-state index is 13.7. The third-order valence-corrected chi connectivity index (χ3v) is 6.94. The van der Waals surface area contributed by atoms with Crippen LogP contribution in [0.4, 0.5) is 10.1 Å². The average molecular weight is 494 g/mol. The molecule has 1 saturated heterocycles. The Bertz CT molecular complexity index is 1290. The Labute approximate surface area is 208 Å². The number of Topliss-reactive ketones (excluding diaryl/α,β-unsaturated/α-hetero) is 1. The number of carbonyl (C=O) groups is 2. The van der Waals surface area contributed by atoms with Gasteiger partial charge in [-0.1, -0.05) is 29.8 Å². The summed E-state index contributed by atoms with van der Waals surface area (Å²) in [7, 11) is 0. The van der Waals surface area contributed by atoms with Crippen molar-refractivity contribution in [3.05, 3.63) is 99.8 Å². The van der Waals surface area contributed by atoms with Crippen molar-refractivity contribution in [3.8, 4) is 0 Å². The number of aryl methyl sites for hydroxylation is 1. The summed E-state index contributed by atoms with van der Waals surface area (Å²) >= 11 is 6.55. The van der Waals surface area contributed by atoms with Crippen molar-refractivity contribution < 1.29 is 18.7 Å². The van der Waals surface area contributed by atoms with Crippen LogP contribution >= 0.6 is 11.6 Å². The highest BCUT2D eigenvalue weighted by molar-refractivity contribution is 6.34. The molecule has 2 N–H and O–H groups in total. The normalized spacial score (nSPS) is 21.1. The number of ether oxygens (including phenoxy) is 1. The molecule has 0 aromatic heterocycles. The fraction of sp³-hybridized carbons (Fsp3) is 0.259. The van der Waals surface area contributed by atoms with Gasteiger partial charge >= 0.3 is 0 Å². The Kier molecular flexibility index (Phi) is 6.45. The van der Waals surface area contributed by atoms with Gasteiger partial charge < -0.3 is 20.3 Å². The molecule has 0 spiro atoms. The molecule has 3 aliphatic rings. The summed E-state index contributed by atoms with van der Waals surface area (Å²) in [5, 5.41) is 6.21. The Hall–Kier alpha value is -3.42. The topological polar surface area (TPSA) is 70.7 Å². The summed E-state index contributed by atoms with van der Waals surface area (Å²) in [6.07, 6.45) is 8.52. The lowest BCUT2D eigenvalue weighted by atomic mass is 9.79. The maximum atomic E-state index is 13.7. The van der Waals surface area contributed by atoms with Gasteiger partial charge in [0.25, 0.3) is 5.91 Å². The minimum atomic E-state index is -0.485. The van der Waals surface area contributed by atoms with Gasteiger partial charge in [0.05, 0.1) is 35.9 Å². The van der Waals surface area contributed by atoms with Crippen molar-refractivity contribution in [2.75, 3.05) is 25.1 Å². The highest BCUT2D eigenvalue weighted by Crippen LogP contribution is 2.36. The molecule has 2 atom stereocenters. The number of nitrogens with zero attached hydrogens (tertiary/aromatic N) is 1. The predicted octanol–water partition coefficient (Wildman–Crippen LogP) is 4.83. The largest absolute Gasteiger partial charge is 0.373 e. The quantitative estimate of drug-likeness (QED) is 0.597. The Morgan fingerprint density at radius 3 is 2.86 bits per heavy atom. The molecule has 2 aromatic rings. The van der Waals surface area contributed by atoms with E-state index in [0.29, 0.717) is 43.0 Å². The van der Waals surface area contributed by atoms with Crippen molar-refractivity contribution in [1.82, 2.24) is 10.2 Å². The first-order valence-electron chi connectivity index (χ1n) is 11.5. The lowest BCUT2D eigenvalue weighted by molar-refractivity contribution is 0.0455. The number of amides is 1. The molecule has 2 unspecified atom stereocenters. The van der Waals surface area contributed by atoms with Gasteiger partial charge in [0.1, 0.15) is 5.82 Å². The molecule has 5 rings (SSSR count). The van der Waals surface area contributed by atoms with Crippen molar-refractivity contribution in [2.24, 2.45) is 5.92 Å². The number of hydrogen-bond donors (Lipinski definition) is 2. The fourth-order valence-corrected chi connectivity index (χ4v) is 5.14. The summed E-state index contributed by atoms with van der Waals surface area (Å²) in [5.74, 6) is -1.30. The number of halogens is 2. The minimum absolute atomic E-state index is 0.0538. The monoisotopic (exact) mass is 493 g/mol. The van der Waals surface area contributed by atoms with Crippen LogP contribution in [0.1, 0.15) is 32.7 Å². The summed E-state index contributed by atoms with van der Waals surface area (Å²) < 4.78 is 19.2. The van der Waals surface area contributed by atoms with Gasteiger partial charge in [0, 0.05) is 35.8 Å². The zero-order chi connectivity index (χ0) is 24.5. The van der Waals surface area contributed by atoms with E-state index in [1.807, 2.05) is 18.5 Å². The number of allylic oxidation sites excluding steroid dienone is 1. The Morgan fingerprint density at radius 1 is 1.17 bits per heavy atom. The van der Waals surface area contributed by atoms with Crippen molar-refractivity contribution in [2.45, 2.75) is 19.4 Å².